The van der Waals surface area contributed by atoms with E-state index in [2.05, 4.69) is 44.8 Å². The van der Waals surface area contributed by atoms with E-state index in [1.165, 1.54) is 4.88 Å². The number of halogens is 3. The summed E-state index contributed by atoms with van der Waals surface area (Å²) in [6, 6.07) is 7.69. The lowest BCUT2D eigenvalue weighted by molar-refractivity contribution is 0.892. The molecule has 0 spiro atoms. The van der Waals surface area contributed by atoms with E-state index in [0.717, 1.165) is 19.4 Å². The molecule has 2 N–H and O–H groups in total. The molecule has 0 saturated heterocycles. The molecule has 0 fully saturated rings. The van der Waals surface area contributed by atoms with Crippen molar-refractivity contribution in [1.82, 2.24) is 0 Å². The van der Waals surface area contributed by atoms with Crippen LogP contribution in [0.4, 0.5) is 0 Å². The fourth-order valence-electron chi connectivity index (χ4n) is 1.55. The monoisotopic (exact) mass is 393 g/mol. The summed E-state index contributed by atoms with van der Waals surface area (Å²) in [5.74, 6) is 0. The molecule has 0 aliphatic carbocycles. The molecular formula is C12H10Br2ClNS. The summed E-state index contributed by atoms with van der Waals surface area (Å²) in [7, 11) is 0. The first-order chi connectivity index (χ1) is 8.00. The Morgan fingerprint density at radius 3 is 2.59 bits per heavy atom. The lowest BCUT2D eigenvalue weighted by Gasteiger charge is -2.12. The average molecular weight is 396 g/mol. The molecule has 0 radical (unpaired) electrons. The third-order valence-electron chi connectivity index (χ3n) is 2.50. The predicted molar refractivity (Wildman–Crippen MR) is 81.9 cm³/mol. The summed E-state index contributed by atoms with van der Waals surface area (Å²) in [6.07, 6.45) is 0. The fraction of sp³-hybridized carbons (Fsp3) is 0.167. The molecule has 17 heavy (non-hydrogen) atoms. The Balaban J connectivity index is 2.43. The van der Waals surface area contributed by atoms with Crippen LogP contribution in [-0.2, 0) is 0 Å². The number of rotatable bonds is 2. The Bertz CT molecular complexity index is 534. The first-order valence-electron chi connectivity index (χ1n) is 4.96. The number of hydrogen-bond acceptors (Lipinski definition) is 2. The maximum Gasteiger partial charge on any atom is 0.0661 e. The number of hydrogen-bond donors (Lipinski definition) is 1. The molecule has 0 aliphatic rings. The van der Waals surface area contributed by atoms with Gasteiger partial charge in [-0.15, -0.1) is 11.3 Å². The molecule has 1 aromatic heterocycles. The summed E-state index contributed by atoms with van der Waals surface area (Å²) >= 11 is 14.9. The molecule has 2 rings (SSSR count). The van der Waals surface area contributed by atoms with Gasteiger partial charge >= 0.3 is 0 Å². The molecule has 5 heteroatoms. The number of nitrogens with two attached hydrogens (primary N) is 1. The van der Waals surface area contributed by atoms with Gasteiger partial charge in [0.1, 0.15) is 0 Å². The number of aryl methyl sites for hydroxylation is 1. The van der Waals surface area contributed by atoms with Crippen molar-refractivity contribution in [2.75, 3.05) is 0 Å². The summed E-state index contributed by atoms with van der Waals surface area (Å²) in [5.41, 5.74) is 7.19. The van der Waals surface area contributed by atoms with Crippen molar-refractivity contribution in [2.45, 2.75) is 13.0 Å². The minimum absolute atomic E-state index is 0.185. The molecule has 0 bridgehead atoms. The Morgan fingerprint density at radius 2 is 2.00 bits per heavy atom. The lowest BCUT2D eigenvalue weighted by atomic mass is 10.1. The Hall–Kier alpha value is 0.130. The van der Waals surface area contributed by atoms with E-state index in [-0.39, 0.29) is 6.04 Å². The number of benzene rings is 1. The largest absolute Gasteiger partial charge is 0.320 e. The maximum atomic E-state index is 6.25. The average Bonchev–Trinajstić information content (AvgIpc) is 2.62. The second-order valence-electron chi connectivity index (χ2n) is 3.67. The van der Waals surface area contributed by atoms with Gasteiger partial charge in [-0.05, 0) is 56.5 Å². The molecule has 0 amide bonds. The molecule has 0 saturated carbocycles. The molecule has 1 atom stereocenters. The first-order valence-corrected chi connectivity index (χ1v) is 7.74. The van der Waals surface area contributed by atoms with Gasteiger partial charge in [0.2, 0.25) is 0 Å². The highest BCUT2D eigenvalue weighted by atomic mass is 79.9. The standard InChI is InChI=1S/C12H10Br2ClNS/c1-6-9(14)5-10(17-6)12(16)7-3-2-4-8(13)11(7)15/h2-5,12H,16H2,1H3. The minimum Gasteiger partial charge on any atom is -0.320 e. The summed E-state index contributed by atoms with van der Waals surface area (Å²) in [6.45, 7) is 2.06. The van der Waals surface area contributed by atoms with Gasteiger partial charge < -0.3 is 5.73 Å². The second kappa shape index (κ2) is 5.41. The maximum absolute atomic E-state index is 6.25. The highest BCUT2D eigenvalue weighted by Gasteiger charge is 2.16. The summed E-state index contributed by atoms with van der Waals surface area (Å²) in [5, 5.41) is 0.683. The van der Waals surface area contributed by atoms with Gasteiger partial charge in [-0.25, -0.2) is 0 Å². The van der Waals surface area contributed by atoms with Crippen molar-refractivity contribution in [1.29, 1.82) is 0 Å². The van der Waals surface area contributed by atoms with Crippen LogP contribution in [0.5, 0.6) is 0 Å². The molecule has 0 aliphatic heterocycles. The van der Waals surface area contributed by atoms with Crippen LogP contribution in [0.3, 0.4) is 0 Å². The van der Waals surface area contributed by atoms with Crippen LogP contribution in [0.15, 0.2) is 33.2 Å². The molecule has 90 valence electrons. The van der Waals surface area contributed by atoms with Gasteiger partial charge in [0, 0.05) is 18.7 Å². The molecule has 1 unspecified atom stereocenters. The summed E-state index contributed by atoms with van der Waals surface area (Å²) in [4.78, 5) is 2.33. The molecular weight excluding hydrogens is 385 g/mol. The van der Waals surface area contributed by atoms with Crippen molar-refractivity contribution >= 4 is 54.8 Å². The smallest absolute Gasteiger partial charge is 0.0661 e. The third kappa shape index (κ3) is 2.76. The zero-order valence-corrected chi connectivity index (χ0v) is 13.8. The van der Waals surface area contributed by atoms with Crippen molar-refractivity contribution in [3.63, 3.8) is 0 Å². The fourth-order valence-corrected chi connectivity index (χ4v) is 3.76. The molecule has 1 heterocycles. The summed E-state index contributed by atoms with van der Waals surface area (Å²) < 4.78 is 1.97. The molecule has 1 nitrogen and oxygen atoms in total. The van der Waals surface area contributed by atoms with Crippen LogP contribution in [0.2, 0.25) is 5.02 Å². The van der Waals surface area contributed by atoms with E-state index in [4.69, 9.17) is 17.3 Å². The van der Waals surface area contributed by atoms with E-state index >= 15 is 0 Å². The van der Waals surface area contributed by atoms with Crippen molar-refractivity contribution in [3.8, 4) is 0 Å². The predicted octanol–water partition coefficient (Wildman–Crippen LogP) is 5.28. The second-order valence-corrected chi connectivity index (χ2v) is 7.05. The van der Waals surface area contributed by atoms with Crippen molar-refractivity contribution in [3.05, 3.63) is 53.6 Å². The van der Waals surface area contributed by atoms with E-state index in [9.17, 15) is 0 Å². The highest BCUT2D eigenvalue weighted by molar-refractivity contribution is 9.10. The van der Waals surface area contributed by atoms with Gasteiger partial charge in [0.15, 0.2) is 0 Å². The van der Waals surface area contributed by atoms with Crippen LogP contribution >= 0.6 is 54.8 Å². The Kier molecular flexibility index (Phi) is 4.31. The van der Waals surface area contributed by atoms with Crippen LogP contribution in [0, 0.1) is 6.92 Å². The van der Waals surface area contributed by atoms with Crippen LogP contribution in [0.25, 0.3) is 0 Å². The van der Waals surface area contributed by atoms with E-state index in [0.29, 0.717) is 5.02 Å². The number of thiophene rings is 1. The minimum atomic E-state index is -0.185. The van der Waals surface area contributed by atoms with Gasteiger partial charge in [-0.2, -0.15) is 0 Å². The normalized spacial score (nSPS) is 12.8. The van der Waals surface area contributed by atoms with Crippen molar-refractivity contribution in [2.24, 2.45) is 5.73 Å². The zero-order chi connectivity index (χ0) is 12.6. The van der Waals surface area contributed by atoms with Gasteiger partial charge in [0.25, 0.3) is 0 Å². The quantitative estimate of drug-likeness (QED) is 0.735. The zero-order valence-electron chi connectivity index (χ0n) is 9.01. The van der Waals surface area contributed by atoms with Crippen LogP contribution in [0.1, 0.15) is 21.4 Å². The van der Waals surface area contributed by atoms with E-state index in [1.807, 2.05) is 18.2 Å². The molecule has 1 aromatic carbocycles. The van der Waals surface area contributed by atoms with Crippen LogP contribution in [-0.4, -0.2) is 0 Å². The van der Waals surface area contributed by atoms with Gasteiger partial charge in [-0.3, -0.25) is 0 Å². The SMILES string of the molecule is Cc1sc(C(N)c2cccc(Br)c2Cl)cc1Br. The van der Waals surface area contributed by atoms with Crippen LogP contribution < -0.4 is 5.73 Å². The van der Waals surface area contributed by atoms with Gasteiger partial charge in [0.05, 0.1) is 11.1 Å². The van der Waals surface area contributed by atoms with Gasteiger partial charge in [-0.1, -0.05) is 23.7 Å². The highest BCUT2D eigenvalue weighted by Crippen LogP contribution is 2.36. The lowest BCUT2D eigenvalue weighted by Crippen LogP contribution is -2.10. The Labute approximate surface area is 126 Å². The first kappa shape index (κ1) is 13.6. The Morgan fingerprint density at radius 1 is 1.29 bits per heavy atom. The third-order valence-corrected chi connectivity index (χ3v) is 6.03. The molecule has 2 aromatic rings. The topological polar surface area (TPSA) is 26.0 Å². The van der Waals surface area contributed by atoms with Crippen molar-refractivity contribution < 1.29 is 0 Å². The van der Waals surface area contributed by atoms with E-state index in [1.54, 1.807) is 11.3 Å². The van der Waals surface area contributed by atoms with E-state index < -0.39 is 0 Å².